The minimum absolute atomic E-state index is 0.00222. The molecule has 1 aromatic rings. The van der Waals surface area contributed by atoms with Crippen LogP contribution in [0, 0.1) is 13.8 Å². The van der Waals surface area contributed by atoms with Gasteiger partial charge in [-0.3, -0.25) is 4.79 Å². The molecule has 6 heteroatoms. The highest BCUT2D eigenvalue weighted by Crippen LogP contribution is 2.29. The molecule has 2 heterocycles. The number of carboxylic acids is 1. The maximum Gasteiger partial charge on any atom is 0.329 e. The quantitative estimate of drug-likeness (QED) is 0.913. The van der Waals surface area contributed by atoms with Gasteiger partial charge in [0.25, 0.3) is 5.91 Å². The molecule has 0 unspecified atom stereocenters. The van der Waals surface area contributed by atoms with E-state index in [1.807, 2.05) is 26.8 Å². The number of hydrogen-bond acceptors (Lipinski definition) is 4. The van der Waals surface area contributed by atoms with E-state index in [1.165, 1.54) is 11.3 Å². The van der Waals surface area contributed by atoms with Gasteiger partial charge < -0.3 is 14.7 Å². The molecule has 1 aromatic heterocycles. The fourth-order valence-electron chi connectivity index (χ4n) is 2.07. The van der Waals surface area contributed by atoms with Crippen LogP contribution in [0.5, 0.6) is 0 Å². The third-order valence-corrected chi connectivity index (χ3v) is 4.40. The van der Waals surface area contributed by atoms with Crippen molar-refractivity contribution in [3.63, 3.8) is 0 Å². The highest BCUT2D eigenvalue weighted by atomic mass is 32.1. The average molecular weight is 283 g/mol. The van der Waals surface area contributed by atoms with Crippen molar-refractivity contribution in [1.29, 1.82) is 0 Å². The minimum atomic E-state index is -0.990. The Bertz CT molecular complexity index is 497. The number of likely N-dealkylation sites (tertiary alicyclic amines) is 1. The largest absolute Gasteiger partial charge is 0.480 e. The smallest absolute Gasteiger partial charge is 0.329 e. The van der Waals surface area contributed by atoms with E-state index in [0.29, 0.717) is 13.1 Å². The van der Waals surface area contributed by atoms with Crippen LogP contribution in [0.3, 0.4) is 0 Å². The van der Waals surface area contributed by atoms with Gasteiger partial charge >= 0.3 is 5.97 Å². The van der Waals surface area contributed by atoms with Gasteiger partial charge in [0.15, 0.2) is 0 Å². The molecular formula is C13H17NO4S. The van der Waals surface area contributed by atoms with Crippen molar-refractivity contribution in [2.45, 2.75) is 26.4 Å². The second-order valence-corrected chi connectivity index (χ2v) is 6.40. The lowest BCUT2D eigenvalue weighted by Gasteiger charge is -2.47. The van der Waals surface area contributed by atoms with Gasteiger partial charge in [0.05, 0.1) is 18.0 Å². The van der Waals surface area contributed by atoms with Gasteiger partial charge in [-0.15, -0.1) is 11.3 Å². The van der Waals surface area contributed by atoms with Gasteiger partial charge in [0.2, 0.25) is 0 Å². The number of carbonyl (C=O) groups excluding carboxylic acids is 1. The molecule has 0 aliphatic carbocycles. The maximum absolute atomic E-state index is 12.2. The molecule has 1 saturated heterocycles. The Morgan fingerprint density at radius 3 is 2.58 bits per heavy atom. The van der Waals surface area contributed by atoms with Gasteiger partial charge in [0, 0.05) is 4.88 Å². The highest BCUT2D eigenvalue weighted by Gasteiger charge is 2.43. The van der Waals surface area contributed by atoms with Crippen molar-refractivity contribution in [2.75, 3.05) is 19.7 Å². The standard InChI is InChI=1S/C13H17NO4S/c1-8-4-10(19-9(8)2)12(17)14-6-13(3,7-14)18-5-11(15)16/h4H,5-7H2,1-3H3,(H,15,16). The summed E-state index contributed by atoms with van der Waals surface area (Å²) in [5, 5.41) is 8.58. The van der Waals surface area contributed by atoms with Crippen molar-refractivity contribution < 1.29 is 19.4 Å². The normalized spacial score (nSPS) is 17.1. The van der Waals surface area contributed by atoms with E-state index in [4.69, 9.17) is 9.84 Å². The van der Waals surface area contributed by atoms with Crippen molar-refractivity contribution in [3.8, 4) is 0 Å². The Hall–Kier alpha value is -1.40. The fraction of sp³-hybridized carbons (Fsp3) is 0.538. The molecule has 1 fully saturated rings. The molecule has 0 spiro atoms. The molecule has 0 radical (unpaired) electrons. The predicted octanol–water partition coefficient (Wildman–Crippen LogP) is 1.68. The Morgan fingerprint density at radius 1 is 1.47 bits per heavy atom. The summed E-state index contributed by atoms with van der Waals surface area (Å²) < 4.78 is 5.28. The number of carbonyl (C=O) groups is 2. The number of rotatable bonds is 4. The minimum Gasteiger partial charge on any atom is -0.480 e. The molecule has 0 atom stereocenters. The number of nitrogens with zero attached hydrogens (tertiary/aromatic N) is 1. The summed E-state index contributed by atoms with van der Waals surface area (Å²) in [4.78, 5) is 26.2. The molecule has 104 valence electrons. The number of ether oxygens (including phenoxy) is 1. The molecule has 2 rings (SSSR count). The van der Waals surface area contributed by atoms with Crippen molar-refractivity contribution in [3.05, 3.63) is 21.4 Å². The Kier molecular flexibility index (Phi) is 3.64. The first-order valence-corrected chi connectivity index (χ1v) is 6.84. The number of aryl methyl sites for hydroxylation is 2. The number of hydrogen-bond donors (Lipinski definition) is 1. The summed E-state index contributed by atoms with van der Waals surface area (Å²) in [6, 6.07) is 1.90. The molecule has 0 bridgehead atoms. The van der Waals surface area contributed by atoms with Gasteiger partial charge in [-0.1, -0.05) is 0 Å². The fourth-order valence-corrected chi connectivity index (χ4v) is 3.07. The Labute approximate surface area is 115 Å². The van der Waals surface area contributed by atoms with Crippen LogP contribution in [-0.4, -0.2) is 47.2 Å². The summed E-state index contributed by atoms with van der Waals surface area (Å²) in [5.74, 6) is -0.992. The predicted molar refractivity (Wildman–Crippen MR) is 71.7 cm³/mol. The average Bonchev–Trinajstić information content (AvgIpc) is 2.62. The summed E-state index contributed by atoms with van der Waals surface area (Å²) in [6.45, 7) is 6.36. The lowest BCUT2D eigenvalue weighted by Crippen LogP contribution is -2.63. The van der Waals surface area contributed by atoms with Crippen LogP contribution in [0.15, 0.2) is 6.07 Å². The second kappa shape index (κ2) is 4.94. The van der Waals surface area contributed by atoms with E-state index >= 15 is 0 Å². The van der Waals surface area contributed by atoms with Crippen LogP contribution < -0.4 is 0 Å². The molecule has 1 aliphatic heterocycles. The number of carboxylic acid groups (broad SMARTS) is 1. The van der Waals surface area contributed by atoms with Gasteiger partial charge in [-0.25, -0.2) is 4.79 Å². The van der Waals surface area contributed by atoms with Crippen LogP contribution in [0.2, 0.25) is 0 Å². The number of aliphatic carboxylic acids is 1. The van der Waals surface area contributed by atoms with E-state index < -0.39 is 11.6 Å². The third-order valence-electron chi connectivity index (χ3n) is 3.26. The van der Waals surface area contributed by atoms with Crippen LogP contribution in [0.25, 0.3) is 0 Å². The van der Waals surface area contributed by atoms with E-state index in [2.05, 4.69) is 0 Å². The van der Waals surface area contributed by atoms with E-state index in [9.17, 15) is 9.59 Å². The zero-order chi connectivity index (χ0) is 14.2. The SMILES string of the molecule is Cc1cc(C(=O)N2CC(C)(OCC(=O)O)C2)sc1C. The molecular weight excluding hydrogens is 266 g/mol. The third kappa shape index (κ3) is 2.96. The van der Waals surface area contributed by atoms with Crippen molar-refractivity contribution in [2.24, 2.45) is 0 Å². The van der Waals surface area contributed by atoms with Crippen molar-refractivity contribution >= 4 is 23.2 Å². The molecule has 1 aliphatic rings. The van der Waals surface area contributed by atoms with Crippen LogP contribution in [-0.2, 0) is 9.53 Å². The summed E-state index contributed by atoms with van der Waals surface area (Å²) in [5.41, 5.74) is 0.592. The molecule has 1 N–H and O–H groups in total. The lowest BCUT2D eigenvalue weighted by molar-refractivity contribution is -0.159. The number of thiophene rings is 1. The Balaban J connectivity index is 1.93. The topological polar surface area (TPSA) is 66.8 Å². The molecule has 0 saturated carbocycles. The first-order valence-electron chi connectivity index (χ1n) is 6.03. The highest BCUT2D eigenvalue weighted by molar-refractivity contribution is 7.14. The summed E-state index contributed by atoms with van der Waals surface area (Å²) in [6.07, 6.45) is 0. The molecule has 19 heavy (non-hydrogen) atoms. The van der Waals surface area contributed by atoms with Gasteiger partial charge in [-0.2, -0.15) is 0 Å². The van der Waals surface area contributed by atoms with Crippen LogP contribution >= 0.6 is 11.3 Å². The monoisotopic (exact) mass is 283 g/mol. The maximum atomic E-state index is 12.2. The van der Waals surface area contributed by atoms with Crippen molar-refractivity contribution in [1.82, 2.24) is 4.90 Å². The van der Waals surface area contributed by atoms with Crippen LogP contribution in [0.4, 0.5) is 0 Å². The first kappa shape index (κ1) is 14.0. The van der Waals surface area contributed by atoms with Gasteiger partial charge in [0.1, 0.15) is 12.2 Å². The molecule has 0 aromatic carbocycles. The van der Waals surface area contributed by atoms with Crippen LogP contribution in [0.1, 0.15) is 27.0 Å². The van der Waals surface area contributed by atoms with E-state index in [-0.39, 0.29) is 12.5 Å². The van der Waals surface area contributed by atoms with Gasteiger partial charge in [-0.05, 0) is 32.4 Å². The second-order valence-electron chi connectivity index (χ2n) is 5.14. The summed E-state index contributed by atoms with van der Waals surface area (Å²) in [7, 11) is 0. The number of amides is 1. The first-order chi connectivity index (χ1) is 8.81. The Morgan fingerprint density at radius 2 is 2.11 bits per heavy atom. The zero-order valence-corrected chi connectivity index (χ0v) is 12.0. The molecule has 1 amide bonds. The summed E-state index contributed by atoms with van der Waals surface area (Å²) >= 11 is 1.49. The van der Waals surface area contributed by atoms with E-state index in [0.717, 1.165) is 15.3 Å². The molecule has 5 nitrogen and oxygen atoms in total. The lowest BCUT2D eigenvalue weighted by atomic mass is 9.96. The zero-order valence-electron chi connectivity index (χ0n) is 11.2. The van der Waals surface area contributed by atoms with E-state index in [1.54, 1.807) is 4.90 Å².